The normalized spacial score (nSPS) is 20.1. The molecule has 1 N–H and O–H groups in total. The molecule has 0 bridgehead atoms. The van der Waals surface area contributed by atoms with Crippen molar-refractivity contribution in [1.82, 2.24) is 5.32 Å². The Morgan fingerprint density at radius 3 is 2.95 bits per heavy atom. The van der Waals surface area contributed by atoms with E-state index in [9.17, 15) is 4.79 Å². The zero-order chi connectivity index (χ0) is 14.5. The van der Waals surface area contributed by atoms with Crippen molar-refractivity contribution in [3.63, 3.8) is 0 Å². The Balaban J connectivity index is 2.01. The first kappa shape index (κ1) is 15.5. The van der Waals surface area contributed by atoms with Crippen molar-refractivity contribution in [2.45, 2.75) is 65.0 Å². The Morgan fingerprint density at radius 1 is 1.55 bits per heavy atom. The van der Waals surface area contributed by atoms with Gasteiger partial charge in [-0.15, -0.1) is 11.3 Å². The van der Waals surface area contributed by atoms with E-state index in [4.69, 9.17) is 4.74 Å². The second-order valence-electron chi connectivity index (χ2n) is 5.48. The summed E-state index contributed by atoms with van der Waals surface area (Å²) in [6, 6.07) is 2.20. The largest absolute Gasteiger partial charge is 0.376 e. The number of carbonyl (C=O) groups excluding carboxylic acids is 1. The Kier molecular flexibility index (Phi) is 5.61. The van der Waals surface area contributed by atoms with Crippen molar-refractivity contribution >= 4 is 17.2 Å². The van der Waals surface area contributed by atoms with Crippen molar-refractivity contribution < 1.29 is 9.53 Å². The van der Waals surface area contributed by atoms with Gasteiger partial charge in [-0.05, 0) is 44.2 Å². The summed E-state index contributed by atoms with van der Waals surface area (Å²) in [5.41, 5.74) is 1.31. The average Bonchev–Trinajstić information content (AvgIpc) is 3.07. The molecule has 0 unspecified atom stereocenters. The van der Waals surface area contributed by atoms with Gasteiger partial charge in [0, 0.05) is 11.5 Å². The highest BCUT2D eigenvalue weighted by atomic mass is 32.1. The number of nitrogens with one attached hydrogen (secondary N) is 1. The zero-order valence-electron chi connectivity index (χ0n) is 12.7. The van der Waals surface area contributed by atoms with Crippen molar-refractivity contribution in [3.8, 4) is 0 Å². The fourth-order valence-corrected chi connectivity index (χ4v) is 3.74. The lowest BCUT2D eigenvalue weighted by molar-refractivity contribution is 0.0667. The van der Waals surface area contributed by atoms with Crippen LogP contribution in [0, 0.1) is 6.92 Å². The molecule has 3 nitrogen and oxygen atoms in total. The maximum absolute atomic E-state index is 12.4. The molecular formula is C16H25NO2S. The second kappa shape index (κ2) is 7.23. The van der Waals surface area contributed by atoms with Crippen LogP contribution in [0.15, 0.2) is 6.07 Å². The number of thiophene rings is 1. The van der Waals surface area contributed by atoms with Gasteiger partial charge in [0.15, 0.2) is 0 Å². The van der Waals surface area contributed by atoms with Crippen molar-refractivity contribution in [3.05, 3.63) is 21.4 Å². The summed E-state index contributed by atoms with van der Waals surface area (Å²) >= 11 is 1.60. The predicted molar refractivity (Wildman–Crippen MR) is 83.6 cm³/mol. The average molecular weight is 295 g/mol. The fraction of sp³-hybridized carbons (Fsp3) is 0.688. The van der Waals surface area contributed by atoms with Gasteiger partial charge < -0.3 is 10.1 Å². The molecule has 0 spiro atoms. The van der Waals surface area contributed by atoms with Crippen LogP contribution in [0.1, 0.15) is 59.6 Å². The lowest BCUT2D eigenvalue weighted by Gasteiger charge is -2.22. The summed E-state index contributed by atoms with van der Waals surface area (Å²) in [7, 11) is 0. The first-order chi connectivity index (χ1) is 9.65. The first-order valence-corrected chi connectivity index (χ1v) is 8.49. The molecule has 2 rings (SSSR count). The number of rotatable bonds is 6. The van der Waals surface area contributed by atoms with E-state index in [0.717, 1.165) is 43.6 Å². The lowest BCUT2D eigenvalue weighted by Crippen LogP contribution is -2.42. The van der Waals surface area contributed by atoms with E-state index in [0.29, 0.717) is 0 Å². The van der Waals surface area contributed by atoms with Crippen LogP contribution in [-0.2, 0) is 11.2 Å². The molecule has 4 heteroatoms. The molecule has 1 aromatic rings. The van der Waals surface area contributed by atoms with Gasteiger partial charge in [0.2, 0.25) is 0 Å². The molecule has 1 aromatic heterocycles. The minimum atomic E-state index is 0.0582. The summed E-state index contributed by atoms with van der Waals surface area (Å²) in [5, 5.41) is 3.15. The number of amides is 1. The summed E-state index contributed by atoms with van der Waals surface area (Å²) in [4.78, 5) is 14.5. The van der Waals surface area contributed by atoms with E-state index in [-0.39, 0.29) is 18.1 Å². The van der Waals surface area contributed by atoms with E-state index in [2.05, 4.69) is 32.2 Å². The van der Waals surface area contributed by atoms with Crippen molar-refractivity contribution in [1.29, 1.82) is 0 Å². The van der Waals surface area contributed by atoms with E-state index in [1.807, 2.05) is 0 Å². The molecular weight excluding hydrogens is 270 g/mol. The Bertz CT molecular complexity index is 449. The molecule has 1 aliphatic heterocycles. The maximum atomic E-state index is 12.4. The standard InChI is InChI=1S/C16H25NO2S/c1-4-7-12-10-15(20-11(12)3)16(18)17-13(5-2)14-8-6-9-19-14/h10,13-14H,4-9H2,1-3H3,(H,17,18)/t13-,14+/m1/s1. The van der Waals surface area contributed by atoms with Gasteiger partial charge in [-0.2, -0.15) is 0 Å². The molecule has 0 aliphatic carbocycles. The summed E-state index contributed by atoms with van der Waals surface area (Å²) in [6.45, 7) is 7.20. The molecule has 20 heavy (non-hydrogen) atoms. The van der Waals surface area contributed by atoms with Crippen LogP contribution >= 0.6 is 11.3 Å². The van der Waals surface area contributed by atoms with Crippen LogP contribution < -0.4 is 5.32 Å². The fourth-order valence-electron chi connectivity index (χ4n) is 2.77. The highest BCUT2D eigenvalue weighted by molar-refractivity contribution is 7.14. The number of aryl methyl sites for hydroxylation is 2. The van der Waals surface area contributed by atoms with Gasteiger partial charge in [-0.1, -0.05) is 20.3 Å². The van der Waals surface area contributed by atoms with Gasteiger partial charge in [0.05, 0.1) is 17.0 Å². The Morgan fingerprint density at radius 2 is 2.35 bits per heavy atom. The molecule has 1 aliphatic rings. The minimum Gasteiger partial charge on any atom is -0.376 e. The number of carbonyl (C=O) groups is 1. The predicted octanol–water partition coefficient (Wildman–Crippen LogP) is 3.70. The topological polar surface area (TPSA) is 38.3 Å². The first-order valence-electron chi connectivity index (χ1n) is 7.67. The third-order valence-corrected chi connectivity index (χ3v) is 5.03. The molecule has 1 fully saturated rings. The third-order valence-electron chi connectivity index (χ3n) is 3.93. The van der Waals surface area contributed by atoms with Crippen LogP contribution in [-0.4, -0.2) is 24.7 Å². The molecule has 0 saturated carbocycles. The molecule has 112 valence electrons. The summed E-state index contributed by atoms with van der Waals surface area (Å²) in [6.07, 6.45) is 5.45. The van der Waals surface area contributed by atoms with Crippen molar-refractivity contribution in [2.75, 3.05) is 6.61 Å². The second-order valence-corrected chi connectivity index (χ2v) is 6.74. The van der Waals surface area contributed by atoms with E-state index in [1.54, 1.807) is 11.3 Å². The molecule has 0 aromatic carbocycles. The van der Waals surface area contributed by atoms with Crippen LogP contribution in [0.5, 0.6) is 0 Å². The van der Waals surface area contributed by atoms with Gasteiger partial charge >= 0.3 is 0 Å². The zero-order valence-corrected chi connectivity index (χ0v) is 13.5. The lowest BCUT2D eigenvalue weighted by atomic mass is 10.1. The highest BCUT2D eigenvalue weighted by Crippen LogP contribution is 2.24. The number of ether oxygens (including phenoxy) is 1. The van der Waals surface area contributed by atoms with E-state index in [1.165, 1.54) is 10.4 Å². The maximum Gasteiger partial charge on any atom is 0.261 e. The van der Waals surface area contributed by atoms with Gasteiger partial charge in [0.25, 0.3) is 5.91 Å². The highest BCUT2D eigenvalue weighted by Gasteiger charge is 2.26. The molecule has 1 amide bonds. The van der Waals surface area contributed by atoms with E-state index < -0.39 is 0 Å². The van der Waals surface area contributed by atoms with Crippen LogP contribution in [0.4, 0.5) is 0 Å². The molecule has 0 radical (unpaired) electrons. The molecule has 2 atom stereocenters. The Hall–Kier alpha value is -0.870. The third kappa shape index (κ3) is 3.61. The smallest absolute Gasteiger partial charge is 0.261 e. The van der Waals surface area contributed by atoms with Crippen LogP contribution in [0.3, 0.4) is 0 Å². The summed E-state index contributed by atoms with van der Waals surface area (Å²) < 4.78 is 5.70. The van der Waals surface area contributed by atoms with Crippen molar-refractivity contribution in [2.24, 2.45) is 0 Å². The monoisotopic (exact) mass is 295 g/mol. The minimum absolute atomic E-state index is 0.0582. The molecule has 1 saturated heterocycles. The Labute approximate surface area is 125 Å². The number of hydrogen-bond donors (Lipinski definition) is 1. The SMILES string of the molecule is CCCc1cc(C(=O)N[C@H](CC)[C@@H]2CCCO2)sc1C. The van der Waals surface area contributed by atoms with Gasteiger partial charge in [0.1, 0.15) is 0 Å². The quantitative estimate of drug-likeness (QED) is 0.869. The number of hydrogen-bond acceptors (Lipinski definition) is 3. The molecule has 2 heterocycles. The van der Waals surface area contributed by atoms with Crippen LogP contribution in [0.2, 0.25) is 0 Å². The van der Waals surface area contributed by atoms with Gasteiger partial charge in [-0.3, -0.25) is 4.79 Å². The van der Waals surface area contributed by atoms with E-state index >= 15 is 0 Å². The van der Waals surface area contributed by atoms with Gasteiger partial charge in [-0.25, -0.2) is 0 Å². The van der Waals surface area contributed by atoms with Crippen LogP contribution in [0.25, 0.3) is 0 Å². The summed E-state index contributed by atoms with van der Waals surface area (Å²) in [5.74, 6) is 0.0582.